The van der Waals surface area contributed by atoms with E-state index in [2.05, 4.69) is 5.32 Å². The van der Waals surface area contributed by atoms with Crippen LogP contribution in [0.25, 0.3) is 0 Å². The highest BCUT2D eigenvalue weighted by Gasteiger charge is 2.20. The molecule has 7 nitrogen and oxygen atoms in total. The molecule has 2 aromatic carbocycles. The van der Waals surface area contributed by atoms with E-state index in [0.717, 1.165) is 6.07 Å². The Morgan fingerprint density at radius 1 is 1.23 bits per heavy atom. The number of nitro benzene ring substituents is 1. The first kappa shape index (κ1) is 19.0. The molecule has 0 aliphatic carbocycles. The van der Waals surface area contributed by atoms with Gasteiger partial charge in [-0.05, 0) is 24.6 Å². The molecule has 8 heteroatoms. The number of amides is 2. The predicted molar refractivity (Wildman–Crippen MR) is 93.0 cm³/mol. The van der Waals surface area contributed by atoms with Crippen LogP contribution in [0, 0.1) is 15.9 Å². The fourth-order valence-corrected chi connectivity index (χ4v) is 2.36. The van der Waals surface area contributed by atoms with E-state index < -0.39 is 28.6 Å². The van der Waals surface area contributed by atoms with Crippen molar-refractivity contribution >= 4 is 17.5 Å². The molecule has 1 atom stereocenters. The number of hydrogen-bond donors (Lipinski definition) is 1. The van der Waals surface area contributed by atoms with Crippen molar-refractivity contribution in [1.82, 2.24) is 10.2 Å². The predicted octanol–water partition coefficient (Wildman–Crippen LogP) is 2.68. The van der Waals surface area contributed by atoms with Gasteiger partial charge in [0.1, 0.15) is 5.82 Å². The monoisotopic (exact) mass is 359 g/mol. The van der Waals surface area contributed by atoms with Gasteiger partial charge in [-0.15, -0.1) is 0 Å². The average molecular weight is 359 g/mol. The van der Waals surface area contributed by atoms with E-state index in [-0.39, 0.29) is 17.8 Å². The number of carbonyl (C=O) groups excluding carboxylic acids is 2. The molecular formula is C18H18FN3O4. The lowest BCUT2D eigenvalue weighted by Crippen LogP contribution is -2.39. The van der Waals surface area contributed by atoms with Crippen LogP contribution in [0.2, 0.25) is 0 Å². The Morgan fingerprint density at radius 3 is 2.58 bits per heavy atom. The quantitative estimate of drug-likeness (QED) is 0.634. The molecule has 0 radical (unpaired) electrons. The molecule has 0 heterocycles. The minimum absolute atomic E-state index is 0.0666. The van der Waals surface area contributed by atoms with Crippen molar-refractivity contribution in [3.05, 3.63) is 75.6 Å². The van der Waals surface area contributed by atoms with E-state index >= 15 is 0 Å². The van der Waals surface area contributed by atoms with Crippen molar-refractivity contribution in [3.8, 4) is 0 Å². The van der Waals surface area contributed by atoms with Gasteiger partial charge >= 0.3 is 0 Å². The average Bonchev–Trinajstić information content (AvgIpc) is 2.65. The van der Waals surface area contributed by atoms with Crippen molar-refractivity contribution in [3.63, 3.8) is 0 Å². The molecule has 2 rings (SSSR count). The van der Waals surface area contributed by atoms with Crippen molar-refractivity contribution in [1.29, 1.82) is 0 Å². The number of non-ortho nitro benzene ring substituents is 1. The van der Waals surface area contributed by atoms with Gasteiger partial charge in [0.25, 0.3) is 11.6 Å². The molecule has 0 bridgehead atoms. The van der Waals surface area contributed by atoms with E-state index in [9.17, 15) is 24.1 Å². The second kappa shape index (κ2) is 8.19. The molecule has 0 aliphatic heterocycles. The zero-order valence-electron chi connectivity index (χ0n) is 14.3. The van der Waals surface area contributed by atoms with Crippen molar-refractivity contribution < 1.29 is 18.9 Å². The molecule has 136 valence electrons. The van der Waals surface area contributed by atoms with Crippen LogP contribution in [0.15, 0.2) is 48.5 Å². The largest absolute Gasteiger partial charge is 0.343 e. The van der Waals surface area contributed by atoms with Gasteiger partial charge in [-0.25, -0.2) is 4.39 Å². The summed E-state index contributed by atoms with van der Waals surface area (Å²) >= 11 is 0. The first-order valence-electron chi connectivity index (χ1n) is 7.84. The molecule has 2 amide bonds. The van der Waals surface area contributed by atoms with Crippen LogP contribution in [-0.4, -0.2) is 35.2 Å². The molecule has 0 aliphatic rings. The van der Waals surface area contributed by atoms with E-state index in [1.54, 1.807) is 19.1 Å². The second-order valence-electron chi connectivity index (χ2n) is 5.70. The van der Waals surface area contributed by atoms with Gasteiger partial charge in [0, 0.05) is 19.2 Å². The standard InChI is InChI=1S/C18H18FN3O4/c1-12(13-6-5-7-14(10-13)22(25)26)21(2)17(23)11-20-18(24)15-8-3-4-9-16(15)19/h3-10,12H,11H2,1-2H3,(H,20,24)/t12-/m1/s1. The van der Waals surface area contributed by atoms with Gasteiger partial charge in [-0.1, -0.05) is 24.3 Å². The van der Waals surface area contributed by atoms with E-state index in [1.165, 1.54) is 42.3 Å². The molecule has 0 aromatic heterocycles. The fourth-order valence-electron chi connectivity index (χ4n) is 2.36. The third-order valence-corrected chi connectivity index (χ3v) is 4.06. The number of benzene rings is 2. The summed E-state index contributed by atoms with van der Waals surface area (Å²) < 4.78 is 13.6. The van der Waals surface area contributed by atoms with Gasteiger partial charge in [0.05, 0.1) is 23.1 Å². The smallest absolute Gasteiger partial charge is 0.269 e. The van der Waals surface area contributed by atoms with Gasteiger partial charge in [0.2, 0.25) is 5.91 Å². The lowest BCUT2D eigenvalue weighted by Gasteiger charge is -2.25. The minimum atomic E-state index is -0.687. The lowest BCUT2D eigenvalue weighted by molar-refractivity contribution is -0.384. The molecule has 0 fully saturated rings. The fraction of sp³-hybridized carbons (Fsp3) is 0.222. The number of rotatable bonds is 6. The van der Waals surface area contributed by atoms with E-state index in [0.29, 0.717) is 5.56 Å². The summed E-state index contributed by atoms with van der Waals surface area (Å²) in [6, 6.07) is 11.0. The Hall–Kier alpha value is -3.29. The number of likely N-dealkylation sites (N-methyl/N-ethyl adjacent to an activating group) is 1. The normalized spacial score (nSPS) is 11.5. The Kier molecular flexibility index (Phi) is 6.00. The summed E-state index contributed by atoms with van der Waals surface area (Å²) in [5, 5.41) is 13.2. The van der Waals surface area contributed by atoms with Gasteiger partial charge in [-0.3, -0.25) is 19.7 Å². The highest BCUT2D eigenvalue weighted by Crippen LogP contribution is 2.22. The number of nitro groups is 1. The molecular weight excluding hydrogens is 341 g/mol. The minimum Gasteiger partial charge on any atom is -0.343 e. The van der Waals surface area contributed by atoms with E-state index in [1.807, 2.05) is 0 Å². The maximum atomic E-state index is 13.6. The molecule has 0 unspecified atom stereocenters. The van der Waals surface area contributed by atoms with Crippen molar-refractivity contribution in [2.24, 2.45) is 0 Å². The maximum absolute atomic E-state index is 13.6. The molecule has 0 saturated carbocycles. The van der Waals surface area contributed by atoms with Gasteiger partial charge in [0.15, 0.2) is 0 Å². The molecule has 0 spiro atoms. The summed E-state index contributed by atoms with van der Waals surface area (Å²) in [5.41, 5.74) is 0.383. The van der Waals surface area contributed by atoms with E-state index in [4.69, 9.17) is 0 Å². The second-order valence-corrected chi connectivity index (χ2v) is 5.70. The highest BCUT2D eigenvalue weighted by molar-refractivity contribution is 5.96. The number of carbonyl (C=O) groups is 2. The molecule has 2 aromatic rings. The number of hydrogen-bond acceptors (Lipinski definition) is 4. The first-order valence-corrected chi connectivity index (χ1v) is 7.84. The summed E-state index contributed by atoms with van der Waals surface area (Å²) in [6.45, 7) is 1.40. The zero-order chi connectivity index (χ0) is 19.3. The van der Waals surface area contributed by atoms with Crippen molar-refractivity contribution in [2.75, 3.05) is 13.6 Å². The molecule has 26 heavy (non-hydrogen) atoms. The van der Waals surface area contributed by atoms with Crippen LogP contribution in [0.3, 0.4) is 0 Å². The number of halogens is 1. The maximum Gasteiger partial charge on any atom is 0.269 e. The first-order chi connectivity index (χ1) is 12.3. The van der Waals surface area contributed by atoms with Crippen LogP contribution < -0.4 is 5.32 Å². The number of nitrogens with one attached hydrogen (secondary N) is 1. The van der Waals surface area contributed by atoms with Gasteiger partial charge in [-0.2, -0.15) is 0 Å². The Labute approximate surface area is 149 Å². The summed E-state index contributed by atoms with van der Waals surface area (Å²) in [4.78, 5) is 36.0. The topological polar surface area (TPSA) is 92.6 Å². The van der Waals surface area contributed by atoms with Crippen LogP contribution in [0.5, 0.6) is 0 Å². The number of nitrogens with zero attached hydrogens (tertiary/aromatic N) is 2. The van der Waals surface area contributed by atoms with Crippen LogP contribution >= 0.6 is 0 Å². The van der Waals surface area contributed by atoms with Crippen molar-refractivity contribution in [2.45, 2.75) is 13.0 Å². The van der Waals surface area contributed by atoms with Crippen LogP contribution in [0.4, 0.5) is 10.1 Å². The SMILES string of the molecule is C[C@H](c1cccc([N+](=O)[O-])c1)N(C)C(=O)CNC(=O)c1ccccc1F. The Balaban J connectivity index is 2.00. The lowest BCUT2D eigenvalue weighted by atomic mass is 10.1. The summed E-state index contributed by atoms with van der Waals surface area (Å²) in [7, 11) is 1.53. The molecule has 1 N–H and O–H groups in total. The Bertz CT molecular complexity index is 841. The summed E-state index contributed by atoms with van der Waals surface area (Å²) in [5.74, 6) is -1.77. The summed E-state index contributed by atoms with van der Waals surface area (Å²) in [6.07, 6.45) is 0. The zero-order valence-corrected chi connectivity index (χ0v) is 14.3. The Morgan fingerprint density at radius 2 is 1.92 bits per heavy atom. The third kappa shape index (κ3) is 4.41. The van der Waals surface area contributed by atoms with Crippen LogP contribution in [0.1, 0.15) is 28.9 Å². The molecule has 0 saturated heterocycles. The third-order valence-electron chi connectivity index (χ3n) is 4.06. The van der Waals surface area contributed by atoms with Crippen LogP contribution in [-0.2, 0) is 4.79 Å². The highest BCUT2D eigenvalue weighted by atomic mass is 19.1. The van der Waals surface area contributed by atoms with Gasteiger partial charge < -0.3 is 10.2 Å².